The van der Waals surface area contributed by atoms with Crippen LogP contribution >= 0.6 is 0 Å². The van der Waals surface area contributed by atoms with Gasteiger partial charge in [0.25, 0.3) is 5.91 Å². The number of benzene rings is 1. The molecule has 0 saturated carbocycles. The zero-order chi connectivity index (χ0) is 12.1. The number of carbonyl (C=O) groups is 1. The minimum atomic E-state index is -0.553. The lowest BCUT2D eigenvalue weighted by atomic mass is 10.2. The molecule has 1 N–H and O–H groups in total. The van der Waals surface area contributed by atoms with Crippen molar-refractivity contribution < 1.29 is 14.6 Å². The van der Waals surface area contributed by atoms with E-state index in [2.05, 4.69) is 0 Å². The third-order valence-corrected chi connectivity index (χ3v) is 2.24. The zero-order valence-corrected chi connectivity index (χ0v) is 9.80. The van der Waals surface area contributed by atoms with Gasteiger partial charge in [-0.05, 0) is 13.0 Å². The smallest absolute Gasteiger partial charge is 0.262 e. The number of aliphatic hydroxyl groups excluding tert-OH is 1. The number of rotatable bonds is 4. The molecule has 88 valence electrons. The molecule has 0 aromatic heterocycles. The summed E-state index contributed by atoms with van der Waals surface area (Å²) in [5.74, 6) is 0.445. The van der Waals surface area contributed by atoms with E-state index in [1.54, 1.807) is 39.2 Å². The van der Waals surface area contributed by atoms with E-state index in [0.717, 1.165) is 0 Å². The Morgan fingerprint density at radius 1 is 1.44 bits per heavy atom. The number of aliphatic hydroxyl groups is 1. The van der Waals surface area contributed by atoms with Gasteiger partial charge in [0.05, 0.1) is 6.61 Å². The molecular formula is C12H17NO3. The van der Waals surface area contributed by atoms with Crippen molar-refractivity contribution in [3.63, 3.8) is 0 Å². The highest BCUT2D eigenvalue weighted by atomic mass is 16.5. The summed E-state index contributed by atoms with van der Waals surface area (Å²) in [6.07, 6.45) is -0.553. The number of likely N-dealkylation sites (N-methyl/N-ethyl adjacent to an activating group) is 1. The van der Waals surface area contributed by atoms with Crippen molar-refractivity contribution in [3.05, 3.63) is 29.8 Å². The minimum Gasteiger partial charge on any atom is -0.481 e. The van der Waals surface area contributed by atoms with E-state index >= 15 is 0 Å². The van der Waals surface area contributed by atoms with Crippen LogP contribution in [0, 0.1) is 0 Å². The second kappa shape index (κ2) is 5.51. The molecule has 1 amide bonds. The number of amides is 1. The highest BCUT2D eigenvalue weighted by molar-refractivity contribution is 5.80. The van der Waals surface area contributed by atoms with E-state index in [9.17, 15) is 4.79 Å². The maximum Gasteiger partial charge on any atom is 0.262 e. The molecule has 0 aliphatic carbocycles. The Labute approximate surface area is 95.5 Å². The van der Waals surface area contributed by atoms with Crippen molar-refractivity contribution in [2.24, 2.45) is 0 Å². The first-order valence-electron chi connectivity index (χ1n) is 5.13. The molecule has 0 saturated heterocycles. The van der Waals surface area contributed by atoms with Crippen LogP contribution in [-0.2, 0) is 11.4 Å². The molecule has 4 heteroatoms. The highest BCUT2D eigenvalue weighted by Gasteiger charge is 2.17. The maximum atomic E-state index is 11.6. The normalized spacial score (nSPS) is 12.0. The average molecular weight is 223 g/mol. The molecule has 1 rings (SSSR count). The van der Waals surface area contributed by atoms with Gasteiger partial charge in [0.15, 0.2) is 6.10 Å². The van der Waals surface area contributed by atoms with Gasteiger partial charge in [0.1, 0.15) is 5.75 Å². The second-order valence-corrected chi connectivity index (χ2v) is 3.76. The molecule has 0 spiro atoms. The summed E-state index contributed by atoms with van der Waals surface area (Å²) in [6, 6.07) is 7.13. The van der Waals surface area contributed by atoms with Gasteiger partial charge < -0.3 is 14.7 Å². The third-order valence-electron chi connectivity index (χ3n) is 2.24. The number of ether oxygens (including phenoxy) is 1. The predicted molar refractivity (Wildman–Crippen MR) is 61.1 cm³/mol. The Bertz CT molecular complexity index is 363. The molecule has 0 aliphatic rings. The first-order valence-corrected chi connectivity index (χ1v) is 5.13. The number of para-hydroxylation sites is 1. The van der Waals surface area contributed by atoms with Crippen LogP contribution in [0.15, 0.2) is 24.3 Å². The van der Waals surface area contributed by atoms with Crippen molar-refractivity contribution in [1.29, 1.82) is 0 Å². The van der Waals surface area contributed by atoms with Gasteiger partial charge >= 0.3 is 0 Å². The first-order chi connectivity index (χ1) is 7.56. The Hall–Kier alpha value is -1.55. The van der Waals surface area contributed by atoms with Crippen molar-refractivity contribution in [2.45, 2.75) is 19.6 Å². The topological polar surface area (TPSA) is 49.8 Å². The van der Waals surface area contributed by atoms with E-state index in [0.29, 0.717) is 11.3 Å². The van der Waals surface area contributed by atoms with Gasteiger partial charge in [-0.1, -0.05) is 18.2 Å². The largest absolute Gasteiger partial charge is 0.481 e. The van der Waals surface area contributed by atoms with Crippen molar-refractivity contribution in [1.82, 2.24) is 4.90 Å². The first kappa shape index (κ1) is 12.5. The van der Waals surface area contributed by atoms with Gasteiger partial charge in [-0.3, -0.25) is 4.79 Å². The van der Waals surface area contributed by atoms with Crippen LogP contribution in [0.2, 0.25) is 0 Å². The zero-order valence-electron chi connectivity index (χ0n) is 9.80. The molecular weight excluding hydrogens is 206 g/mol. The molecule has 0 aliphatic heterocycles. The van der Waals surface area contributed by atoms with Gasteiger partial charge in [0, 0.05) is 19.7 Å². The van der Waals surface area contributed by atoms with E-state index in [1.807, 2.05) is 6.07 Å². The maximum absolute atomic E-state index is 11.6. The standard InChI is InChI=1S/C12H17NO3/c1-9(12(15)13(2)3)16-11-7-5-4-6-10(11)8-14/h4-7,9,14H,8H2,1-3H3. The summed E-state index contributed by atoms with van der Waals surface area (Å²) >= 11 is 0. The van der Waals surface area contributed by atoms with Gasteiger partial charge in [-0.15, -0.1) is 0 Å². The third kappa shape index (κ3) is 2.97. The molecule has 16 heavy (non-hydrogen) atoms. The second-order valence-electron chi connectivity index (χ2n) is 3.76. The molecule has 0 bridgehead atoms. The monoisotopic (exact) mass is 223 g/mol. The molecule has 4 nitrogen and oxygen atoms in total. The van der Waals surface area contributed by atoms with E-state index < -0.39 is 6.10 Å². The molecule has 1 unspecified atom stereocenters. The summed E-state index contributed by atoms with van der Waals surface area (Å²) in [4.78, 5) is 13.1. The van der Waals surface area contributed by atoms with Crippen LogP contribution in [0.1, 0.15) is 12.5 Å². The Balaban J connectivity index is 2.76. The van der Waals surface area contributed by atoms with Crippen LogP contribution in [0.25, 0.3) is 0 Å². The Morgan fingerprint density at radius 3 is 2.62 bits per heavy atom. The lowest BCUT2D eigenvalue weighted by Crippen LogP contribution is -2.35. The van der Waals surface area contributed by atoms with E-state index in [1.165, 1.54) is 4.90 Å². The van der Waals surface area contributed by atoms with Crippen LogP contribution in [-0.4, -0.2) is 36.1 Å². The average Bonchev–Trinajstić information content (AvgIpc) is 2.28. The Morgan fingerprint density at radius 2 is 2.06 bits per heavy atom. The summed E-state index contributed by atoms with van der Waals surface area (Å²) in [5, 5.41) is 9.10. The lowest BCUT2D eigenvalue weighted by Gasteiger charge is -2.19. The van der Waals surface area contributed by atoms with Gasteiger partial charge in [-0.2, -0.15) is 0 Å². The lowest BCUT2D eigenvalue weighted by molar-refractivity contribution is -0.135. The summed E-state index contributed by atoms with van der Waals surface area (Å²) < 4.78 is 5.51. The fourth-order valence-electron chi connectivity index (χ4n) is 1.35. The van der Waals surface area contributed by atoms with E-state index in [4.69, 9.17) is 9.84 Å². The minimum absolute atomic E-state index is 0.0982. The van der Waals surface area contributed by atoms with Crippen LogP contribution < -0.4 is 4.74 Å². The molecule has 1 aromatic rings. The van der Waals surface area contributed by atoms with Crippen LogP contribution in [0.4, 0.5) is 0 Å². The fourth-order valence-corrected chi connectivity index (χ4v) is 1.35. The molecule has 1 atom stereocenters. The summed E-state index contributed by atoms with van der Waals surface area (Å²) in [7, 11) is 3.36. The molecule has 1 aromatic carbocycles. The van der Waals surface area contributed by atoms with Crippen molar-refractivity contribution in [2.75, 3.05) is 14.1 Å². The molecule has 0 heterocycles. The van der Waals surface area contributed by atoms with E-state index in [-0.39, 0.29) is 12.5 Å². The summed E-state index contributed by atoms with van der Waals surface area (Å²) in [6.45, 7) is 1.59. The number of nitrogens with zero attached hydrogens (tertiary/aromatic N) is 1. The predicted octanol–water partition coefficient (Wildman–Crippen LogP) is 1.03. The highest BCUT2D eigenvalue weighted by Crippen LogP contribution is 2.19. The number of carbonyl (C=O) groups excluding carboxylic acids is 1. The number of hydrogen-bond acceptors (Lipinski definition) is 3. The van der Waals surface area contributed by atoms with Gasteiger partial charge in [0.2, 0.25) is 0 Å². The SMILES string of the molecule is CC(Oc1ccccc1CO)C(=O)N(C)C. The Kier molecular flexibility index (Phi) is 4.31. The van der Waals surface area contributed by atoms with Crippen LogP contribution in [0.5, 0.6) is 5.75 Å². The number of hydrogen-bond donors (Lipinski definition) is 1. The van der Waals surface area contributed by atoms with Crippen LogP contribution in [0.3, 0.4) is 0 Å². The molecule has 0 fully saturated rings. The quantitative estimate of drug-likeness (QED) is 0.829. The van der Waals surface area contributed by atoms with Crippen molar-refractivity contribution in [3.8, 4) is 5.75 Å². The van der Waals surface area contributed by atoms with Gasteiger partial charge in [-0.25, -0.2) is 0 Å². The summed E-state index contributed by atoms with van der Waals surface area (Å²) in [5.41, 5.74) is 0.681. The fraction of sp³-hybridized carbons (Fsp3) is 0.417. The van der Waals surface area contributed by atoms with Crippen molar-refractivity contribution >= 4 is 5.91 Å². The molecule has 0 radical (unpaired) electrons.